The van der Waals surface area contributed by atoms with Gasteiger partial charge in [0.25, 0.3) is 5.91 Å². The van der Waals surface area contributed by atoms with Crippen LogP contribution in [0.15, 0.2) is 18.2 Å². The fraction of sp³-hybridized carbons (Fsp3) is 0.333. The second-order valence-corrected chi connectivity index (χ2v) is 6.09. The number of halogens is 2. The van der Waals surface area contributed by atoms with Crippen molar-refractivity contribution in [3.63, 3.8) is 0 Å². The molecule has 0 saturated carbocycles. The molecule has 1 aromatic carbocycles. The van der Waals surface area contributed by atoms with Crippen LogP contribution in [-0.2, 0) is 4.79 Å². The average Bonchev–Trinajstić information content (AvgIpc) is 2.46. The van der Waals surface area contributed by atoms with Gasteiger partial charge in [0, 0.05) is 10.8 Å². The maximum absolute atomic E-state index is 12.2. The van der Waals surface area contributed by atoms with Crippen molar-refractivity contribution in [2.75, 3.05) is 18.5 Å². The van der Waals surface area contributed by atoms with Crippen LogP contribution >= 0.6 is 35.0 Å². The van der Waals surface area contributed by atoms with Gasteiger partial charge in [-0.2, -0.15) is 11.8 Å². The van der Waals surface area contributed by atoms with E-state index in [1.54, 1.807) is 12.3 Å². The molecule has 0 fully saturated rings. The van der Waals surface area contributed by atoms with Gasteiger partial charge >= 0.3 is 7.12 Å². The van der Waals surface area contributed by atoms with E-state index < -0.39 is 25.0 Å². The van der Waals surface area contributed by atoms with Gasteiger partial charge in [-0.05, 0) is 24.5 Å². The summed E-state index contributed by atoms with van der Waals surface area (Å²) in [5, 5.41) is 23.0. The van der Waals surface area contributed by atoms with Gasteiger partial charge in [-0.25, -0.2) is 0 Å². The van der Waals surface area contributed by atoms with Crippen molar-refractivity contribution in [1.29, 1.82) is 0 Å². The molecule has 6 nitrogen and oxygen atoms in total. The maximum Gasteiger partial charge on any atom is 0.472 e. The molecule has 10 heteroatoms. The molecular weight excluding hydrogens is 350 g/mol. The summed E-state index contributed by atoms with van der Waals surface area (Å²) in [6.45, 7) is 0. The predicted octanol–water partition coefficient (Wildman–Crippen LogP) is 0.583. The van der Waals surface area contributed by atoms with E-state index >= 15 is 0 Å². The first-order chi connectivity index (χ1) is 10.3. The molecule has 1 atom stereocenters. The van der Waals surface area contributed by atoms with Gasteiger partial charge in [0.1, 0.15) is 6.04 Å². The van der Waals surface area contributed by atoms with Gasteiger partial charge in [0.2, 0.25) is 5.91 Å². The maximum atomic E-state index is 12.2. The molecule has 0 aliphatic rings. The Kier molecular flexibility index (Phi) is 8.05. The highest BCUT2D eigenvalue weighted by atomic mass is 35.5. The van der Waals surface area contributed by atoms with Crippen LogP contribution in [0.5, 0.6) is 0 Å². The average molecular weight is 365 g/mol. The van der Waals surface area contributed by atoms with Crippen LogP contribution in [0.4, 0.5) is 0 Å². The zero-order valence-corrected chi connectivity index (χ0v) is 14.0. The third-order valence-corrected chi connectivity index (χ3v) is 3.82. The largest absolute Gasteiger partial charge is 0.472 e. The minimum Gasteiger partial charge on any atom is -0.426 e. The number of amides is 2. The third-order valence-electron chi connectivity index (χ3n) is 2.59. The second kappa shape index (κ2) is 9.27. The van der Waals surface area contributed by atoms with Crippen molar-refractivity contribution in [2.24, 2.45) is 0 Å². The molecule has 22 heavy (non-hydrogen) atoms. The molecule has 2 amide bonds. The van der Waals surface area contributed by atoms with Crippen molar-refractivity contribution in [1.82, 2.24) is 10.6 Å². The van der Waals surface area contributed by atoms with E-state index in [0.29, 0.717) is 10.8 Å². The van der Waals surface area contributed by atoms with E-state index in [1.165, 1.54) is 23.9 Å². The van der Waals surface area contributed by atoms with Crippen molar-refractivity contribution < 1.29 is 19.6 Å². The Morgan fingerprint density at radius 1 is 1.36 bits per heavy atom. The number of thioether (sulfide) groups is 1. The fourth-order valence-electron chi connectivity index (χ4n) is 1.57. The van der Waals surface area contributed by atoms with Gasteiger partial charge < -0.3 is 20.7 Å². The van der Waals surface area contributed by atoms with Crippen LogP contribution in [0, 0.1) is 0 Å². The van der Waals surface area contributed by atoms with E-state index in [2.05, 4.69) is 10.6 Å². The first-order valence-electron chi connectivity index (χ1n) is 6.23. The van der Waals surface area contributed by atoms with Crippen molar-refractivity contribution in [3.05, 3.63) is 33.8 Å². The quantitative estimate of drug-likeness (QED) is 0.530. The smallest absolute Gasteiger partial charge is 0.426 e. The Morgan fingerprint density at radius 2 is 2.05 bits per heavy atom. The zero-order valence-electron chi connectivity index (χ0n) is 11.7. The molecule has 0 aliphatic heterocycles. The SMILES string of the molecule is CSCC(NC(=O)c1cc(Cl)ccc1Cl)C(=O)NCB(O)O. The predicted molar refractivity (Wildman–Crippen MR) is 89.3 cm³/mol. The van der Waals surface area contributed by atoms with Crippen molar-refractivity contribution >= 4 is 53.9 Å². The van der Waals surface area contributed by atoms with Crippen LogP contribution in [0.25, 0.3) is 0 Å². The lowest BCUT2D eigenvalue weighted by atomic mass is 9.92. The van der Waals surface area contributed by atoms with Crippen LogP contribution < -0.4 is 10.6 Å². The van der Waals surface area contributed by atoms with Gasteiger partial charge in [-0.15, -0.1) is 0 Å². The summed E-state index contributed by atoms with van der Waals surface area (Å²) in [7, 11) is -1.66. The number of carbonyl (C=O) groups excluding carboxylic acids is 2. The Hall–Kier alpha value is -0.925. The Balaban J connectivity index is 2.79. The second-order valence-electron chi connectivity index (χ2n) is 4.33. The number of rotatable bonds is 7. The highest BCUT2D eigenvalue weighted by Gasteiger charge is 2.23. The molecule has 0 spiro atoms. The third kappa shape index (κ3) is 6.06. The molecule has 1 aromatic rings. The fourth-order valence-corrected chi connectivity index (χ4v) is 2.52. The van der Waals surface area contributed by atoms with E-state index in [9.17, 15) is 9.59 Å². The molecule has 0 radical (unpaired) electrons. The normalized spacial score (nSPS) is 11.7. The van der Waals surface area contributed by atoms with Crippen molar-refractivity contribution in [2.45, 2.75) is 6.04 Å². The lowest BCUT2D eigenvalue weighted by Gasteiger charge is -2.18. The summed E-state index contributed by atoms with van der Waals surface area (Å²) < 4.78 is 0. The first kappa shape index (κ1) is 19.1. The molecule has 4 N–H and O–H groups in total. The van der Waals surface area contributed by atoms with Crippen LogP contribution in [0.1, 0.15) is 10.4 Å². The highest BCUT2D eigenvalue weighted by molar-refractivity contribution is 7.98. The molecule has 0 heterocycles. The molecule has 0 saturated heterocycles. The summed E-state index contributed by atoms with van der Waals surface area (Å²) in [6.07, 6.45) is 1.46. The van der Waals surface area contributed by atoms with Gasteiger partial charge in [0.15, 0.2) is 0 Å². The molecule has 1 rings (SSSR count). The lowest BCUT2D eigenvalue weighted by molar-refractivity contribution is -0.122. The number of nitrogens with one attached hydrogen (secondary N) is 2. The Morgan fingerprint density at radius 3 is 2.64 bits per heavy atom. The lowest BCUT2D eigenvalue weighted by Crippen LogP contribution is -2.50. The molecule has 120 valence electrons. The molecule has 0 bridgehead atoms. The molecular formula is C12H15BCl2N2O4S. The molecule has 0 aliphatic carbocycles. The summed E-state index contributed by atoms with van der Waals surface area (Å²) in [4.78, 5) is 24.1. The number of carbonyl (C=O) groups is 2. The van der Waals surface area contributed by atoms with E-state index in [1.807, 2.05) is 0 Å². The zero-order chi connectivity index (χ0) is 16.7. The topological polar surface area (TPSA) is 98.7 Å². The van der Waals surface area contributed by atoms with Crippen LogP contribution in [0.2, 0.25) is 10.0 Å². The molecule has 1 unspecified atom stereocenters. The van der Waals surface area contributed by atoms with E-state index in [4.69, 9.17) is 33.2 Å². The number of hydrogen-bond donors (Lipinski definition) is 4. The standard InChI is InChI=1S/C12H15BCl2N2O4S/c1-22-5-10(12(19)16-6-13(20)21)17-11(18)8-4-7(14)2-3-9(8)15/h2-4,10,20-21H,5-6H2,1H3,(H,16,19)(H,17,18). The van der Waals surface area contributed by atoms with Crippen LogP contribution in [0.3, 0.4) is 0 Å². The summed E-state index contributed by atoms with van der Waals surface area (Å²) in [6, 6.07) is 3.61. The highest BCUT2D eigenvalue weighted by Crippen LogP contribution is 2.20. The summed E-state index contributed by atoms with van der Waals surface area (Å²) in [5.41, 5.74) is 0.162. The Labute approximate surface area is 142 Å². The number of hydrogen-bond acceptors (Lipinski definition) is 5. The molecule has 0 aromatic heterocycles. The van der Waals surface area contributed by atoms with Gasteiger partial charge in [0.05, 0.1) is 17.0 Å². The summed E-state index contributed by atoms with van der Waals surface area (Å²) in [5.74, 6) is -0.739. The van der Waals surface area contributed by atoms with E-state index in [0.717, 1.165) is 0 Å². The van der Waals surface area contributed by atoms with Gasteiger partial charge in [-0.1, -0.05) is 23.2 Å². The van der Waals surface area contributed by atoms with Crippen LogP contribution in [-0.4, -0.2) is 53.5 Å². The minimum atomic E-state index is -1.66. The van der Waals surface area contributed by atoms with Crippen molar-refractivity contribution in [3.8, 4) is 0 Å². The van der Waals surface area contributed by atoms with Gasteiger partial charge in [-0.3, -0.25) is 9.59 Å². The van der Waals surface area contributed by atoms with E-state index in [-0.39, 0.29) is 17.0 Å². The Bertz CT molecular complexity index is 548. The monoisotopic (exact) mass is 364 g/mol. The number of benzene rings is 1. The minimum absolute atomic E-state index is 0.162. The summed E-state index contributed by atoms with van der Waals surface area (Å²) >= 11 is 13.1. The first-order valence-corrected chi connectivity index (χ1v) is 8.38.